The van der Waals surface area contributed by atoms with E-state index in [2.05, 4.69) is 5.32 Å². The summed E-state index contributed by atoms with van der Waals surface area (Å²) in [5.41, 5.74) is 5.07. The highest BCUT2D eigenvalue weighted by molar-refractivity contribution is 6.02. The molecule has 0 aliphatic heterocycles. The van der Waals surface area contributed by atoms with Gasteiger partial charge in [0.25, 0.3) is 0 Å². The molecule has 0 aromatic heterocycles. The predicted molar refractivity (Wildman–Crippen MR) is 70.2 cm³/mol. The van der Waals surface area contributed by atoms with Gasteiger partial charge in [-0.05, 0) is 39.0 Å². The summed E-state index contributed by atoms with van der Waals surface area (Å²) in [5.74, 6) is -0.741. The third-order valence-electron chi connectivity index (χ3n) is 2.09. The Bertz CT molecular complexity index is 518. The maximum atomic E-state index is 11.5. The van der Waals surface area contributed by atoms with Gasteiger partial charge >= 0.3 is 6.09 Å². The number of carbonyl (C=O) groups excluding carboxylic acids is 3. The number of amides is 2. The summed E-state index contributed by atoms with van der Waals surface area (Å²) < 4.78 is 5.06. The van der Waals surface area contributed by atoms with E-state index >= 15 is 0 Å². The van der Waals surface area contributed by atoms with Crippen molar-refractivity contribution in [2.75, 3.05) is 5.32 Å². The average Bonchev–Trinajstić information content (AvgIpc) is 2.26. The summed E-state index contributed by atoms with van der Waals surface area (Å²) in [6.45, 7) is 5.20. The van der Waals surface area contributed by atoms with Crippen molar-refractivity contribution in [2.45, 2.75) is 26.4 Å². The molecule has 3 N–H and O–H groups in total. The maximum absolute atomic E-state index is 11.5. The van der Waals surface area contributed by atoms with Crippen LogP contribution in [0.3, 0.4) is 0 Å². The summed E-state index contributed by atoms with van der Waals surface area (Å²) in [6.07, 6.45) is -0.126. The minimum atomic E-state index is -0.741. The molecule has 0 bridgehead atoms. The molecule has 1 rings (SSSR count). The number of nitrogens with one attached hydrogen (secondary N) is 1. The topological polar surface area (TPSA) is 98.5 Å². The van der Waals surface area contributed by atoms with Gasteiger partial charge in [-0.1, -0.05) is 0 Å². The van der Waals surface area contributed by atoms with Crippen LogP contribution in [0.15, 0.2) is 18.2 Å². The minimum absolute atomic E-state index is 0.0450. The van der Waals surface area contributed by atoms with Crippen LogP contribution in [0.5, 0.6) is 0 Å². The molecule has 1 aromatic rings. The standard InChI is InChI=1S/C13H16N2O4/c1-13(2,3)19-12(18)15-9-5-4-8(7-16)10(6-9)11(14)17/h4-7H,1-3H3,(H2,14,17)(H,15,18). The highest BCUT2D eigenvalue weighted by Gasteiger charge is 2.17. The van der Waals surface area contributed by atoms with E-state index in [0.717, 1.165) is 0 Å². The SMILES string of the molecule is CC(C)(C)OC(=O)Nc1ccc(C=O)c(C(N)=O)c1. The third-order valence-corrected chi connectivity index (χ3v) is 2.09. The summed E-state index contributed by atoms with van der Waals surface area (Å²) >= 11 is 0. The van der Waals surface area contributed by atoms with Gasteiger partial charge in [-0.2, -0.15) is 0 Å². The van der Waals surface area contributed by atoms with Gasteiger partial charge in [-0.25, -0.2) is 4.79 Å². The van der Waals surface area contributed by atoms with Crippen molar-refractivity contribution in [3.05, 3.63) is 29.3 Å². The van der Waals surface area contributed by atoms with Gasteiger partial charge in [-0.15, -0.1) is 0 Å². The van der Waals surface area contributed by atoms with Crippen LogP contribution in [0.2, 0.25) is 0 Å². The molecular weight excluding hydrogens is 248 g/mol. The second-order valence-corrected chi connectivity index (χ2v) is 4.91. The second-order valence-electron chi connectivity index (χ2n) is 4.91. The predicted octanol–water partition coefficient (Wildman–Crippen LogP) is 1.95. The Morgan fingerprint density at radius 3 is 2.42 bits per heavy atom. The average molecular weight is 264 g/mol. The molecule has 2 amide bonds. The largest absolute Gasteiger partial charge is 0.444 e. The van der Waals surface area contributed by atoms with Crippen molar-refractivity contribution in [3.8, 4) is 0 Å². The van der Waals surface area contributed by atoms with Crippen LogP contribution in [0, 0.1) is 0 Å². The molecule has 102 valence electrons. The molecule has 19 heavy (non-hydrogen) atoms. The van der Waals surface area contributed by atoms with Crippen molar-refractivity contribution >= 4 is 24.0 Å². The van der Waals surface area contributed by atoms with Gasteiger partial charge in [-0.3, -0.25) is 14.9 Å². The van der Waals surface area contributed by atoms with E-state index in [9.17, 15) is 14.4 Å². The van der Waals surface area contributed by atoms with Crippen LogP contribution in [-0.2, 0) is 4.74 Å². The van der Waals surface area contributed by atoms with Crippen molar-refractivity contribution in [3.63, 3.8) is 0 Å². The first kappa shape index (κ1) is 14.7. The number of ether oxygens (including phenoxy) is 1. The molecule has 0 heterocycles. The fourth-order valence-electron chi connectivity index (χ4n) is 1.37. The summed E-state index contributed by atoms with van der Waals surface area (Å²) in [7, 11) is 0. The molecule has 0 saturated carbocycles. The summed E-state index contributed by atoms with van der Waals surface area (Å²) in [4.78, 5) is 33.4. The van der Waals surface area contributed by atoms with Crippen LogP contribution in [-0.4, -0.2) is 23.9 Å². The van der Waals surface area contributed by atoms with Crippen LogP contribution in [0.25, 0.3) is 0 Å². The Balaban J connectivity index is 2.91. The van der Waals surface area contributed by atoms with Crippen molar-refractivity contribution in [2.24, 2.45) is 5.73 Å². The van der Waals surface area contributed by atoms with E-state index in [1.54, 1.807) is 20.8 Å². The number of nitrogens with two attached hydrogens (primary N) is 1. The molecule has 0 aliphatic carbocycles. The van der Waals surface area contributed by atoms with Crippen LogP contribution in [0.1, 0.15) is 41.5 Å². The van der Waals surface area contributed by atoms with E-state index in [-0.39, 0.29) is 11.1 Å². The minimum Gasteiger partial charge on any atom is -0.444 e. The zero-order valence-electron chi connectivity index (χ0n) is 11.0. The first-order valence-electron chi connectivity index (χ1n) is 5.62. The molecule has 0 aliphatic rings. The number of hydrogen-bond donors (Lipinski definition) is 2. The summed E-state index contributed by atoms with van der Waals surface area (Å²) in [6, 6.07) is 4.22. The fourth-order valence-corrected chi connectivity index (χ4v) is 1.37. The van der Waals surface area contributed by atoms with Crippen molar-refractivity contribution in [1.82, 2.24) is 0 Å². The van der Waals surface area contributed by atoms with Crippen molar-refractivity contribution in [1.29, 1.82) is 0 Å². The lowest BCUT2D eigenvalue weighted by Gasteiger charge is -2.19. The number of anilines is 1. The monoisotopic (exact) mass is 264 g/mol. The number of rotatable bonds is 3. The highest BCUT2D eigenvalue weighted by atomic mass is 16.6. The first-order valence-corrected chi connectivity index (χ1v) is 5.62. The van der Waals surface area contributed by atoms with Crippen LogP contribution in [0.4, 0.5) is 10.5 Å². The second kappa shape index (κ2) is 5.51. The van der Waals surface area contributed by atoms with E-state index in [1.165, 1.54) is 18.2 Å². The van der Waals surface area contributed by atoms with Gasteiger partial charge < -0.3 is 10.5 Å². The Hall–Kier alpha value is -2.37. The molecule has 0 unspecified atom stereocenters. The van der Waals surface area contributed by atoms with Crippen LogP contribution >= 0.6 is 0 Å². The summed E-state index contributed by atoms with van der Waals surface area (Å²) in [5, 5.41) is 2.46. The quantitative estimate of drug-likeness (QED) is 0.815. The number of carbonyl (C=O) groups is 3. The normalized spacial score (nSPS) is 10.7. The zero-order valence-corrected chi connectivity index (χ0v) is 11.0. The van der Waals surface area contributed by atoms with Gasteiger partial charge in [0, 0.05) is 11.3 Å². The van der Waals surface area contributed by atoms with Crippen LogP contribution < -0.4 is 11.1 Å². The van der Waals surface area contributed by atoms with E-state index < -0.39 is 17.6 Å². The Morgan fingerprint density at radius 1 is 1.32 bits per heavy atom. The third kappa shape index (κ3) is 4.42. The van der Waals surface area contributed by atoms with Gasteiger partial charge in [0.15, 0.2) is 6.29 Å². The number of primary amides is 1. The fraction of sp³-hybridized carbons (Fsp3) is 0.308. The lowest BCUT2D eigenvalue weighted by atomic mass is 10.1. The lowest BCUT2D eigenvalue weighted by Crippen LogP contribution is -2.27. The molecule has 1 aromatic carbocycles. The Kier molecular flexibility index (Phi) is 4.26. The molecule has 0 saturated heterocycles. The lowest BCUT2D eigenvalue weighted by molar-refractivity contribution is 0.0635. The molecular formula is C13H16N2O4. The smallest absolute Gasteiger partial charge is 0.412 e. The number of aldehydes is 1. The molecule has 0 atom stereocenters. The highest BCUT2D eigenvalue weighted by Crippen LogP contribution is 2.16. The molecule has 0 radical (unpaired) electrons. The first-order chi connectivity index (χ1) is 8.73. The van der Waals surface area contributed by atoms with Crippen molar-refractivity contribution < 1.29 is 19.1 Å². The van der Waals surface area contributed by atoms with E-state index in [1.807, 2.05) is 0 Å². The van der Waals surface area contributed by atoms with E-state index in [4.69, 9.17) is 10.5 Å². The molecule has 6 heteroatoms. The van der Waals surface area contributed by atoms with Gasteiger partial charge in [0.1, 0.15) is 5.60 Å². The molecule has 6 nitrogen and oxygen atoms in total. The zero-order chi connectivity index (χ0) is 14.6. The van der Waals surface area contributed by atoms with Gasteiger partial charge in [0.05, 0.1) is 5.56 Å². The maximum Gasteiger partial charge on any atom is 0.412 e. The number of hydrogen-bond acceptors (Lipinski definition) is 4. The van der Waals surface area contributed by atoms with E-state index in [0.29, 0.717) is 12.0 Å². The number of benzene rings is 1. The Labute approximate surface area is 110 Å². The van der Waals surface area contributed by atoms with Gasteiger partial charge in [0.2, 0.25) is 5.91 Å². The molecule has 0 fully saturated rings. The molecule has 0 spiro atoms. The Morgan fingerprint density at radius 2 is 1.95 bits per heavy atom.